The molecule has 0 fully saturated rings. The topological polar surface area (TPSA) is 29.1 Å². The predicted molar refractivity (Wildman–Crippen MR) is 70.8 cm³/mol. The molecule has 0 aromatic heterocycles. The van der Waals surface area contributed by atoms with Crippen LogP contribution >= 0.6 is 0 Å². The molecule has 0 aromatic carbocycles. The Morgan fingerprint density at radius 2 is 1.56 bits per heavy atom. The molecule has 0 aromatic rings. The van der Waals surface area contributed by atoms with E-state index in [-0.39, 0.29) is 0 Å². The summed E-state index contributed by atoms with van der Waals surface area (Å²) in [7, 11) is 0. The lowest BCUT2D eigenvalue weighted by Gasteiger charge is -2.06. The van der Waals surface area contributed by atoms with E-state index in [1.54, 1.807) is 0 Å². The normalized spacial score (nSPS) is 11.0. The molecule has 0 heterocycles. The van der Waals surface area contributed by atoms with Crippen molar-refractivity contribution in [2.45, 2.75) is 78.2 Å². The van der Waals surface area contributed by atoms with Crippen molar-refractivity contribution in [2.75, 3.05) is 6.54 Å². The van der Waals surface area contributed by atoms with Gasteiger partial charge in [-0.2, -0.15) is 0 Å². The second-order valence-electron chi connectivity index (χ2n) is 4.95. The first-order valence-corrected chi connectivity index (χ1v) is 6.92. The van der Waals surface area contributed by atoms with Gasteiger partial charge in [-0.3, -0.25) is 4.79 Å². The predicted octanol–water partition coefficient (Wildman–Crippen LogP) is 3.69. The lowest BCUT2D eigenvalue weighted by Crippen LogP contribution is -2.28. The van der Waals surface area contributed by atoms with Crippen LogP contribution in [0, 0.1) is 0 Å². The van der Waals surface area contributed by atoms with Crippen molar-refractivity contribution in [1.82, 2.24) is 5.32 Å². The Morgan fingerprint density at radius 1 is 1.00 bits per heavy atom. The lowest BCUT2D eigenvalue weighted by atomic mass is 10.1. The minimum absolute atomic E-state index is 0.363. The van der Waals surface area contributed by atoms with E-state index in [9.17, 15) is 4.79 Å². The molecule has 96 valence electrons. The zero-order valence-electron chi connectivity index (χ0n) is 11.3. The summed E-state index contributed by atoms with van der Waals surface area (Å²) in [6.45, 7) is 6.93. The summed E-state index contributed by atoms with van der Waals surface area (Å²) in [6.07, 6.45) is 9.71. The number of hydrogen-bond acceptors (Lipinski definition) is 2. The minimum atomic E-state index is 0.363. The number of carbonyl (C=O) groups is 1. The maximum absolute atomic E-state index is 11.4. The summed E-state index contributed by atoms with van der Waals surface area (Å²) >= 11 is 0. The average molecular weight is 227 g/mol. The molecule has 0 aliphatic heterocycles. The summed E-state index contributed by atoms with van der Waals surface area (Å²) in [4.78, 5) is 11.4. The van der Waals surface area contributed by atoms with E-state index in [1.807, 2.05) is 0 Å². The van der Waals surface area contributed by atoms with E-state index < -0.39 is 0 Å². The summed E-state index contributed by atoms with van der Waals surface area (Å²) in [6, 6.07) is 0.415. The highest BCUT2D eigenvalue weighted by Crippen LogP contribution is 2.08. The van der Waals surface area contributed by atoms with Crippen LogP contribution in [0.1, 0.15) is 72.1 Å². The van der Waals surface area contributed by atoms with Gasteiger partial charge in [0.15, 0.2) is 0 Å². The van der Waals surface area contributed by atoms with E-state index in [2.05, 4.69) is 26.1 Å². The summed E-state index contributed by atoms with van der Waals surface area (Å²) in [5.41, 5.74) is 0. The van der Waals surface area contributed by atoms with Gasteiger partial charge in [0.25, 0.3) is 0 Å². The molecular weight excluding hydrogens is 198 g/mol. The fourth-order valence-electron chi connectivity index (χ4n) is 1.69. The van der Waals surface area contributed by atoms with Gasteiger partial charge in [0.05, 0.1) is 6.54 Å². The summed E-state index contributed by atoms with van der Waals surface area (Å²) < 4.78 is 0. The van der Waals surface area contributed by atoms with Gasteiger partial charge in [-0.05, 0) is 6.42 Å². The largest absolute Gasteiger partial charge is 0.308 e. The minimum Gasteiger partial charge on any atom is -0.308 e. The van der Waals surface area contributed by atoms with Gasteiger partial charge >= 0.3 is 0 Å². The van der Waals surface area contributed by atoms with E-state index in [4.69, 9.17) is 0 Å². The second kappa shape index (κ2) is 11.1. The molecule has 0 atom stereocenters. The first-order chi connectivity index (χ1) is 7.66. The van der Waals surface area contributed by atoms with E-state index >= 15 is 0 Å². The second-order valence-corrected chi connectivity index (χ2v) is 4.95. The number of carbonyl (C=O) groups excluding carboxylic acids is 1. The van der Waals surface area contributed by atoms with Gasteiger partial charge in [-0.1, -0.05) is 59.3 Å². The Balaban J connectivity index is 3.15. The van der Waals surface area contributed by atoms with Crippen molar-refractivity contribution in [3.05, 3.63) is 0 Å². The van der Waals surface area contributed by atoms with E-state index in [1.165, 1.54) is 38.5 Å². The fourth-order valence-corrected chi connectivity index (χ4v) is 1.69. The van der Waals surface area contributed by atoms with Crippen molar-refractivity contribution in [1.29, 1.82) is 0 Å². The molecule has 0 radical (unpaired) electrons. The summed E-state index contributed by atoms with van der Waals surface area (Å²) in [5, 5.41) is 3.16. The molecule has 0 amide bonds. The van der Waals surface area contributed by atoms with Crippen molar-refractivity contribution in [3.8, 4) is 0 Å². The molecule has 0 saturated carbocycles. The Morgan fingerprint density at radius 3 is 2.12 bits per heavy atom. The number of nitrogens with one attached hydrogen (secondary N) is 1. The Bertz CT molecular complexity index is 166. The van der Waals surface area contributed by atoms with Gasteiger partial charge in [0.2, 0.25) is 0 Å². The van der Waals surface area contributed by atoms with Crippen LogP contribution in [0.15, 0.2) is 0 Å². The van der Waals surface area contributed by atoms with Gasteiger partial charge in [0, 0.05) is 12.5 Å². The van der Waals surface area contributed by atoms with Crippen molar-refractivity contribution in [2.24, 2.45) is 0 Å². The molecule has 0 aliphatic carbocycles. The van der Waals surface area contributed by atoms with Gasteiger partial charge in [-0.25, -0.2) is 0 Å². The standard InChI is InChI=1S/C14H29NO/c1-4-5-6-7-8-9-10-11-14(16)12-15-13(2)3/h13,15H,4-12H2,1-3H3. The monoisotopic (exact) mass is 227 g/mol. The first kappa shape index (κ1) is 15.6. The fraction of sp³-hybridized carbons (Fsp3) is 0.929. The number of ketones is 1. The SMILES string of the molecule is CCCCCCCCCC(=O)CNC(C)C. The van der Waals surface area contributed by atoms with Gasteiger partial charge < -0.3 is 5.32 Å². The van der Waals surface area contributed by atoms with Crippen LogP contribution in [0.4, 0.5) is 0 Å². The van der Waals surface area contributed by atoms with Gasteiger partial charge in [-0.15, -0.1) is 0 Å². The highest BCUT2D eigenvalue weighted by atomic mass is 16.1. The number of Topliss-reactive ketones (excluding diaryl/α,β-unsaturated/α-hetero) is 1. The number of unbranched alkanes of at least 4 members (excludes halogenated alkanes) is 6. The smallest absolute Gasteiger partial charge is 0.146 e. The molecule has 2 heteroatoms. The molecule has 0 rings (SSSR count). The molecule has 0 aliphatic rings. The Labute approximate surface area is 101 Å². The van der Waals surface area contributed by atoms with Gasteiger partial charge in [0.1, 0.15) is 5.78 Å². The van der Waals surface area contributed by atoms with E-state index in [0.29, 0.717) is 18.4 Å². The zero-order valence-corrected chi connectivity index (χ0v) is 11.3. The third-order valence-corrected chi connectivity index (χ3v) is 2.77. The van der Waals surface area contributed by atoms with E-state index in [0.717, 1.165) is 12.8 Å². The van der Waals surface area contributed by atoms with Crippen molar-refractivity contribution in [3.63, 3.8) is 0 Å². The van der Waals surface area contributed by atoms with Crippen LogP contribution in [0.25, 0.3) is 0 Å². The van der Waals surface area contributed by atoms with Crippen molar-refractivity contribution < 1.29 is 4.79 Å². The molecular formula is C14H29NO. The molecule has 0 bridgehead atoms. The highest BCUT2D eigenvalue weighted by Gasteiger charge is 2.02. The third-order valence-electron chi connectivity index (χ3n) is 2.77. The van der Waals surface area contributed by atoms with Crippen LogP contribution in [-0.2, 0) is 4.79 Å². The average Bonchev–Trinajstić information content (AvgIpc) is 2.25. The van der Waals surface area contributed by atoms with Crippen LogP contribution in [0.5, 0.6) is 0 Å². The quantitative estimate of drug-likeness (QED) is 0.545. The molecule has 1 N–H and O–H groups in total. The van der Waals surface area contributed by atoms with Crippen LogP contribution < -0.4 is 5.32 Å². The Kier molecular flexibility index (Phi) is 10.9. The zero-order chi connectivity index (χ0) is 12.2. The van der Waals surface area contributed by atoms with Crippen LogP contribution in [0.3, 0.4) is 0 Å². The summed E-state index contributed by atoms with van der Waals surface area (Å²) in [5.74, 6) is 0.363. The molecule has 0 saturated heterocycles. The highest BCUT2D eigenvalue weighted by molar-refractivity contribution is 5.80. The maximum atomic E-state index is 11.4. The number of hydrogen-bond donors (Lipinski definition) is 1. The third kappa shape index (κ3) is 11.7. The lowest BCUT2D eigenvalue weighted by molar-refractivity contribution is -0.118. The first-order valence-electron chi connectivity index (χ1n) is 6.92. The molecule has 0 unspecified atom stereocenters. The molecule has 0 spiro atoms. The van der Waals surface area contributed by atoms with Crippen molar-refractivity contribution >= 4 is 5.78 Å². The maximum Gasteiger partial charge on any atom is 0.146 e. The van der Waals surface area contributed by atoms with Crippen LogP contribution in [0.2, 0.25) is 0 Å². The van der Waals surface area contributed by atoms with Crippen LogP contribution in [-0.4, -0.2) is 18.4 Å². The molecule has 2 nitrogen and oxygen atoms in total. The molecule has 16 heavy (non-hydrogen) atoms. The number of rotatable bonds is 11. The Hall–Kier alpha value is -0.370.